The van der Waals surface area contributed by atoms with Gasteiger partial charge in [-0.05, 0) is 30.9 Å². The maximum atomic E-state index is 14.4. The molecule has 0 unspecified atom stereocenters. The lowest BCUT2D eigenvalue weighted by atomic mass is 10.2. The molecule has 9 nitrogen and oxygen atoms in total. The first-order chi connectivity index (χ1) is 17.8. The molecule has 3 aromatic rings. The predicted molar refractivity (Wildman–Crippen MR) is 136 cm³/mol. The summed E-state index contributed by atoms with van der Waals surface area (Å²) < 4.78 is 48.0. The number of carbonyl (C=O) groups is 1. The van der Waals surface area contributed by atoms with Crippen LogP contribution in [0.15, 0.2) is 35.7 Å². The number of thioether (sulfide) groups is 1. The quantitative estimate of drug-likeness (QED) is 0.301. The second-order valence-corrected chi connectivity index (χ2v) is 9.25. The van der Waals surface area contributed by atoms with Gasteiger partial charge in [0.05, 0.1) is 42.0 Å². The second kappa shape index (κ2) is 11.6. The summed E-state index contributed by atoms with van der Waals surface area (Å²) in [6.07, 6.45) is 3.37. The van der Waals surface area contributed by atoms with Gasteiger partial charge >= 0.3 is 0 Å². The third-order valence-electron chi connectivity index (χ3n) is 5.73. The molecule has 13 heteroatoms. The lowest BCUT2D eigenvalue weighted by Crippen LogP contribution is -2.30. The van der Waals surface area contributed by atoms with Crippen LogP contribution in [0.1, 0.15) is 15.9 Å². The van der Waals surface area contributed by atoms with E-state index >= 15 is 0 Å². The van der Waals surface area contributed by atoms with Crippen molar-refractivity contribution in [3.63, 3.8) is 0 Å². The smallest absolute Gasteiger partial charge is 0.290 e. The molecule has 1 aliphatic heterocycles. The molecule has 2 atom stereocenters. The summed E-state index contributed by atoms with van der Waals surface area (Å²) in [5.41, 5.74) is 1.70. The number of carbonyl (C=O) groups excluding carboxylic acids is 1. The normalized spacial score (nSPS) is 17.5. The van der Waals surface area contributed by atoms with Crippen molar-refractivity contribution in [1.82, 2.24) is 24.6 Å². The summed E-state index contributed by atoms with van der Waals surface area (Å²) >= 11 is 0.376. The first-order valence-corrected chi connectivity index (χ1v) is 12.2. The molecule has 0 aliphatic carbocycles. The van der Waals surface area contributed by atoms with E-state index < -0.39 is 18.0 Å². The molecule has 3 N–H and O–H groups in total. The summed E-state index contributed by atoms with van der Waals surface area (Å²) in [5.74, 6) is 3.56. The summed E-state index contributed by atoms with van der Waals surface area (Å²) in [5, 5.41) is 8.94. The van der Waals surface area contributed by atoms with Crippen LogP contribution in [0.3, 0.4) is 0 Å². The first kappa shape index (κ1) is 26.4. The number of nitrogens with zero attached hydrogens (tertiary/aromatic N) is 4. The second-order valence-electron chi connectivity index (χ2n) is 8.28. The fraction of sp³-hybridized carbons (Fsp3) is 0.375. The number of likely N-dealkylation sites (N-methyl/N-ethyl adjacent to an activating group) is 1. The molecule has 0 saturated carbocycles. The zero-order valence-electron chi connectivity index (χ0n) is 20.4. The maximum Gasteiger partial charge on any atom is 0.290 e. The molecular weight excluding hydrogens is 507 g/mol. The highest BCUT2D eigenvalue weighted by Crippen LogP contribution is 2.33. The highest BCUT2D eigenvalue weighted by molar-refractivity contribution is 7.99. The minimum Gasteiger partial charge on any atom is -0.480 e. The third-order valence-corrected chi connectivity index (χ3v) is 6.55. The van der Waals surface area contributed by atoms with E-state index in [9.17, 15) is 18.0 Å². The molecule has 37 heavy (non-hydrogen) atoms. The number of alkyl halides is 3. The van der Waals surface area contributed by atoms with Gasteiger partial charge in [-0.1, -0.05) is 11.8 Å². The van der Waals surface area contributed by atoms with E-state index in [1.807, 2.05) is 11.9 Å². The number of methoxy groups -OCH3 is 1. The van der Waals surface area contributed by atoms with Crippen molar-refractivity contribution in [2.45, 2.75) is 23.0 Å². The molecular formula is C24H26F3N7O2S. The zero-order chi connectivity index (χ0) is 26.5. The minimum atomic E-state index is -2.66. The van der Waals surface area contributed by atoms with E-state index in [1.165, 1.54) is 26.6 Å². The molecule has 1 saturated heterocycles. The highest BCUT2D eigenvalue weighted by atomic mass is 32.2. The fourth-order valence-corrected chi connectivity index (χ4v) is 4.71. The first-order valence-electron chi connectivity index (χ1n) is 11.3. The monoisotopic (exact) mass is 533 g/mol. The number of fused-ring (bicyclic) bond motifs is 1. The van der Waals surface area contributed by atoms with E-state index in [0.717, 1.165) is 0 Å². The molecule has 0 bridgehead atoms. The van der Waals surface area contributed by atoms with Crippen LogP contribution >= 0.6 is 11.8 Å². The van der Waals surface area contributed by atoms with Crippen molar-refractivity contribution in [2.24, 2.45) is 0 Å². The molecule has 4 rings (SSSR count). The van der Waals surface area contributed by atoms with E-state index in [1.54, 1.807) is 22.7 Å². The number of hydrogen-bond acceptors (Lipinski definition) is 8. The van der Waals surface area contributed by atoms with Crippen LogP contribution in [0.4, 0.5) is 24.7 Å². The standard InChI is InChI=1S/C24H26F3N7O2S/c1-28-21(35)15-9-17(22(36-3)31-11-15)29-6-4-5-14-10-19-20(32-18-13-33(2)12-16(18)25)30-7-8-34(19)23(14)37-24(26)27/h7-11,16,18,24,29H,6,12-13H2,1-3H3,(H,28,35)(H,30,32)/t16-,18+/m0/s1. The Morgan fingerprint density at radius 1 is 1.32 bits per heavy atom. The summed E-state index contributed by atoms with van der Waals surface area (Å²) in [4.78, 5) is 22.2. The molecule has 196 valence electrons. The molecule has 3 aromatic heterocycles. The lowest BCUT2D eigenvalue weighted by Gasteiger charge is -2.16. The van der Waals surface area contributed by atoms with Crippen molar-refractivity contribution in [1.29, 1.82) is 0 Å². The Labute approximate surface area is 216 Å². The molecule has 1 aliphatic rings. The minimum absolute atomic E-state index is 0.126. The third kappa shape index (κ3) is 6.03. The number of halogens is 3. The molecule has 0 aromatic carbocycles. The Morgan fingerprint density at radius 3 is 2.81 bits per heavy atom. The molecule has 1 amide bonds. The van der Waals surface area contributed by atoms with Gasteiger partial charge in [0, 0.05) is 38.7 Å². The summed E-state index contributed by atoms with van der Waals surface area (Å²) in [7, 11) is 4.80. The van der Waals surface area contributed by atoms with Crippen LogP contribution < -0.4 is 20.7 Å². The maximum absolute atomic E-state index is 14.4. The number of amides is 1. The molecule has 0 radical (unpaired) electrons. The summed E-state index contributed by atoms with van der Waals surface area (Å²) in [6, 6.07) is 2.78. The number of rotatable bonds is 8. The van der Waals surface area contributed by atoms with Crippen molar-refractivity contribution in [3.8, 4) is 17.7 Å². The van der Waals surface area contributed by atoms with Gasteiger partial charge in [0.25, 0.3) is 11.7 Å². The van der Waals surface area contributed by atoms with Crippen molar-refractivity contribution < 1.29 is 22.7 Å². The number of pyridine rings is 1. The Bertz CT molecular complexity index is 1340. The largest absolute Gasteiger partial charge is 0.480 e. The number of anilines is 2. The van der Waals surface area contributed by atoms with E-state index in [0.29, 0.717) is 53.0 Å². The van der Waals surface area contributed by atoms with Gasteiger partial charge in [-0.25, -0.2) is 14.4 Å². The van der Waals surface area contributed by atoms with Gasteiger partial charge in [-0.3, -0.25) is 4.79 Å². The number of nitrogens with one attached hydrogen (secondary N) is 3. The van der Waals surface area contributed by atoms with Crippen LogP contribution in [0.2, 0.25) is 0 Å². The SMILES string of the molecule is CNC(=O)c1cnc(OC)c(NCC#Cc2cc3c(N[C@@H]4CN(C)C[C@@H]4F)nccn3c2SC(F)F)c1. The predicted octanol–water partition coefficient (Wildman–Crippen LogP) is 2.94. The molecule has 1 fully saturated rings. The average molecular weight is 534 g/mol. The number of hydrogen-bond donors (Lipinski definition) is 3. The van der Waals surface area contributed by atoms with E-state index in [4.69, 9.17) is 4.74 Å². The van der Waals surface area contributed by atoms with E-state index in [-0.39, 0.29) is 23.4 Å². The van der Waals surface area contributed by atoms with Crippen LogP contribution in [-0.4, -0.2) is 84.0 Å². The van der Waals surface area contributed by atoms with Crippen molar-refractivity contribution in [2.75, 3.05) is 51.5 Å². The van der Waals surface area contributed by atoms with Crippen LogP contribution in [0.25, 0.3) is 5.52 Å². The number of likely N-dealkylation sites (tertiary alicyclic amines) is 1. The van der Waals surface area contributed by atoms with Gasteiger partial charge in [0.1, 0.15) is 11.2 Å². The van der Waals surface area contributed by atoms with E-state index in [2.05, 4.69) is 37.8 Å². The average Bonchev–Trinajstić information content (AvgIpc) is 3.39. The van der Waals surface area contributed by atoms with Crippen molar-refractivity contribution >= 4 is 34.7 Å². The molecule has 4 heterocycles. The van der Waals surface area contributed by atoms with Gasteiger partial charge in [0.15, 0.2) is 5.82 Å². The summed E-state index contributed by atoms with van der Waals surface area (Å²) in [6.45, 7) is 0.937. The van der Waals surface area contributed by atoms with Gasteiger partial charge < -0.3 is 30.0 Å². The van der Waals surface area contributed by atoms with Gasteiger partial charge in [0.2, 0.25) is 5.88 Å². The van der Waals surface area contributed by atoms with Crippen LogP contribution in [0.5, 0.6) is 5.88 Å². The zero-order valence-corrected chi connectivity index (χ0v) is 21.2. The topological polar surface area (TPSA) is 95.8 Å². The number of aromatic nitrogens is 3. The van der Waals surface area contributed by atoms with Crippen LogP contribution in [-0.2, 0) is 0 Å². The lowest BCUT2D eigenvalue weighted by molar-refractivity contribution is 0.0962. The highest BCUT2D eigenvalue weighted by Gasteiger charge is 2.31. The van der Waals surface area contributed by atoms with Crippen molar-refractivity contribution in [3.05, 3.63) is 41.9 Å². The van der Waals surface area contributed by atoms with Gasteiger partial charge in [-0.15, -0.1) is 0 Å². The Kier molecular flexibility index (Phi) is 8.30. The Balaban J connectivity index is 1.59. The molecule has 0 spiro atoms. The van der Waals surface area contributed by atoms with Crippen LogP contribution in [0, 0.1) is 11.8 Å². The van der Waals surface area contributed by atoms with Gasteiger partial charge in [-0.2, -0.15) is 8.78 Å². The fourth-order valence-electron chi connectivity index (χ4n) is 4.03. The number of ether oxygens (including phenoxy) is 1. The Morgan fingerprint density at radius 2 is 2.14 bits per heavy atom. The Hall–Kier alpha value is -3.63.